The molecular formula is C25H27N3O2. The second kappa shape index (κ2) is 9.09. The van der Waals surface area contributed by atoms with E-state index in [1.165, 1.54) is 11.9 Å². The Morgan fingerprint density at radius 3 is 2.33 bits per heavy atom. The van der Waals surface area contributed by atoms with Gasteiger partial charge in [0.15, 0.2) is 5.78 Å². The van der Waals surface area contributed by atoms with Crippen LogP contribution in [-0.2, 0) is 0 Å². The maximum absolute atomic E-state index is 11.4. The molecule has 1 heterocycles. The van der Waals surface area contributed by atoms with Crippen LogP contribution in [0.2, 0.25) is 0 Å². The van der Waals surface area contributed by atoms with Gasteiger partial charge in [-0.25, -0.2) is 0 Å². The number of Topliss-reactive ketones (excluding diaryl/α,β-unsaturated/α-hetero) is 1. The van der Waals surface area contributed by atoms with Crippen molar-refractivity contribution in [1.82, 2.24) is 4.90 Å². The van der Waals surface area contributed by atoms with Crippen molar-refractivity contribution in [2.75, 3.05) is 44.2 Å². The number of nitrogens with one attached hydrogen (secondary N) is 1. The van der Waals surface area contributed by atoms with Crippen molar-refractivity contribution in [3.63, 3.8) is 0 Å². The normalized spacial score (nSPS) is 14.6. The van der Waals surface area contributed by atoms with Crippen LogP contribution in [0.25, 0.3) is 10.8 Å². The van der Waals surface area contributed by atoms with Gasteiger partial charge in [-0.1, -0.05) is 24.3 Å². The Bertz CT molecular complexity index is 1040. The lowest BCUT2D eigenvalue weighted by molar-refractivity contribution is 0.101. The summed E-state index contributed by atoms with van der Waals surface area (Å²) < 4.78 is 6.11. The van der Waals surface area contributed by atoms with E-state index in [4.69, 9.17) is 10.1 Å². The third kappa shape index (κ3) is 4.36. The number of fused-ring (bicyclic) bond motifs is 1. The summed E-state index contributed by atoms with van der Waals surface area (Å²) in [5.74, 6) is 0.979. The van der Waals surface area contributed by atoms with Crippen LogP contribution in [0.1, 0.15) is 22.8 Å². The number of ketones is 1. The number of hydrogen-bond acceptors (Lipinski definition) is 5. The molecule has 1 fully saturated rings. The molecule has 154 valence electrons. The lowest BCUT2D eigenvalue weighted by Gasteiger charge is -2.36. The molecule has 0 aromatic heterocycles. The molecule has 30 heavy (non-hydrogen) atoms. The Morgan fingerprint density at radius 2 is 1.67 bits per heavy atom. The van der Waals surface area contributed by atoms with Crippen molar-refractivity contribution < 1.29 is 9.53 Å². The van der Waals surface area contributed by atoms with E-state index >= 15 is 0 Å². The van der Waals surface area contributed by atoms with Crippen LogP contribution in [0.5, 0.6) is 5.75 Å². The summed E-state index contributed by atoms with van der Waals surface area (Å²) in [7, 11) is 0. The average molecular weight is 402 g/mol. The first-order valence-electron chi connectivity index (χ1n) is 10.4. The van der Waals surface area contributed by atoms with Crippen molar-refractivity contribution in [3.8, 4) is 5.75 Å². The van der Waals surface area contributed by atoms with Crippen molar-refractivity contribution in [2.45, 2.75) is 6.92 Å². The van der Waals surface area contributed by atoms with E-state index in [9.17, 15) is 4.79 Å². The van der Waals surface area contributed by atoms with Crippen molar-refractivity contribution in [3.05, 3.63) is 71.8 Å². The predicted octanol–water partition coefficient (Wildman–Crippen LogP) is 4.24. The molecule has 4 rings (SSSR count). The number of rotatable bonds is 7. The van der Waals surface area contributed by atoms with Crippen LogP contribution < -0.4 is 9.64 Å². The molecule has 0 aliphatic carbocycles. The predicted molar refractivity (Wildman–Crippen MR) is 122 cm³/mol. The van der Waals surface area contributed by atoms with Gasteiger partial charge < -0.3 is 15.0 Å². The first kappa shape index (κ1) is 20.1. The molecule has 3 aromatic carbocycles. The lowest BCUT2D eigenvalue weighted by Crippen LogP contribution is -2.47. The summed E-state index contributed by atoms with van der Waals surface area (Å²) in [5.41, 5.74) is 2.84. The highest BCUT2D eigenvalue weighted by Crippen LogP contribution is 2.28. The molecule has 0 saturated carbocycles. The summed E-state index contributed by atoms with van der Waals surface area (Å²) in [4.78, 5) is 16.2. The van der Waals surface area contributed by atoms with Crippen LogP contribution in [0.3, 0.4) is 0 Å². The number of hydrogen-bond donors (Lipinski definition) is 1. The Kier molecular flexibility index (Phi) is 6.10. The van der Waals surface area contributed by atoms with Gasteiger partial charge in [-0.2, -0.15) is 0 Å². The summed E-state index contributed by atoms with van der Waals surface area (Å²) in [6.07, 6.45) is 1.39. The smallest absolute Gasteiger partial charge is 0.159 e. The molecule has 0 amide bonds. The Hall–Kier alpha value is -3.18. The molecule has 1 saturated heterocycles. The van der Waals surface area contributed by atoms with Gasteiger partial charge in [0.1, 0.15) is 12.4 Å². The molecule has 0 spiro atoms. The molecule has 0 unspecified atom stereocenters. The van der Waals surface area contributed by atoms with Crippen LogP contribution >= 0.6 is 0 Å². The molecule has 1 aliphatic heterocycles. The van der Waals surface area contributed by atoms with E-state index in [2.05, 4.69) is 9.80 Å². The zero-order valence-corrected chi connectivity index (χ0v) is 17.3. The average Bonchev–Trinajstić information content (AvgIpc) is 2.79. The third-order valence-corrected chi connectivity index (χ3v) is 5.75. The van der Waals surface area contributed by atoms with Gasteiger partial charge in [0.2, 0.25) is 0 Å². The van der Waals surface area contributed by atoms with Gasteiger partial charge in [-0.05, 0) is 48.7 Å². The highest BCUT2D eigenvalue weighted by atomic mass is 16.5. The number of carbonyl (C=O) groups is 1. The molecule has 0 atom stereocenters. The number of anilines is 1. The zero-order valence-electron chi connectivity index (χ0n) is 17.3. The molecule has 1 N–H and O–H groups in total. The van der Waals surface area contributed by atoms with Gasteiger partial charge in [0.25, 0.3) is 0 Å². The Balaban J connectivity index is 1.30. The van der Waals surface area contributed by atoms with Crippen LogP contribution in [0, 0.1) is 5.41 Å². The number of carbonyl (C=O) groups excluding carboxylic acids is 1. The zero-order chi connectivity index (χ0) is 20.9. The maximum Gasteiger partial charge on any atom is 0.159 e. The molecule has 0 bridgehead atoms. The largest absolute Gasteiger partial charge is 0.492 e. The van der Waals surface area contributed by atoms with Gasteiger partial charge in [0, 0.05) is 61.1 Å². The van der Waals surface area contributed by atoms with Crippen LogP contribution in [0.4, 0.5) is 5.69 Å². The van der Waals surface area contributed by atoms with Crippen molar-refractivity contribution in [2.24, 2.45) is 0 Å². The maximum atomic E-state index is 11.4. The van der Waals surface area contributed by atoms with Gasteiger partial charge in [-0.15, -0.1) is 0 Å². The topological polar surface area (TPSA) is 56.6 Å². The second-order valence-electron chi connectivity index (χ2n) is 7.62. The molecule has 1 aliphatic rings. The van der Waals surface area contributed by atoms with E-state index in [1.807, 2.05) is 60.7 Å². The van der Waals surface area contributed by atoms with E-state index in [-0.39, 0.29) is 5.78 Å². The Morgan fingerprint density at radius 1 is 0.967 bits per heavy atom. The fourth-order valence-electron chi connectivity index (χ4n) is 3.97. The molecule has 0 radical (unpaired) electrons. The minimum Gasteiger partial charge on any atom is -0.492 e. The Labute approximate surface area is 177 Å². The molecule has 3 aromatic rings. The van der Waals surface area contributed by atoms with E-state index < -0.39 is 0 Å². The molecular weight excluding hydrogens is 374 g/mol. The van der Waals surface area contributed by atoms with Crippen LogP contribution in [0.15, 0.2) is 60.7 Å². The fourth-order valence-corrected chi connectivity index (χ4v) is 3.97. The lowest BCUT2D eigenvalue weighted by atomic mass is 10.0. The van der Waals surface area contributed by atoms with Gasteiger partial charge in [0.05, 0.1) is 0 Å². The SMILES string of the molecule is CC(=O)c1ccc(N2CCN(CCOc3ccc(C=N)c4ccccc34)CC2)cc1. The highest BCUT2D eigenvalue weighted by Gasteiger charge is 2.17. The van der Waals surface area contributed by atoms with Crippen molar-refractivity contribution in [1.29, 1.82) is 5.41 Å². The summed E-state index contributed by atoms with van der Waals surface area (Å²) in [6, 6.07) is 19.9. The first-order chi connectivity index (χ1) is 14.7. The number of nitrogens with zero attached hydrogens (tertiary/aromatic N) is 2. The van der Waals surface area contributed by atoms with E-state index in [0.29, 0.717) is 6.61 Å². The number of benzene rings is 3. The summed E-state index contributed by atoms with van der Waals surface area (Å²) in [6.45, 7) is 7.04. The third-order valence-electron chi connectivity index (χ3n) is 5.75. The fraction of sp³-hybridized carbons (Fsp3) is 0.280. The number of piperazine rings is 1. The van der Waals surface area contributed by atoms with E-state index in [1.54, 1.807) is 6.92 Å². The minimum atomic E-state index is 0.103. The minimum absolute atomic E-state index is 0.103. The second-order valence-corrected chi connectivity index (χ2v) is 7.62. The summed E-state index contributed by atoms with van der Waals surface area (Å²) in [5, 5.41) is 9.69. The number of ether oxygens (including phenoxy) is 1. The quantitative estimate of drug-likeness (QED) is 0.475. The van der Waals surface area contributed by atoms with Gasteiger partial charge >= 0.3 is 0 Å². The van der Waals surface area contributed by atoms with Crippen LogP contribution in [-0.4, -0.2) is 56.2 Å². The van der Waals surface area contributed by atoms with Crippen molar-refractivity contribution >= 4 is 28.5 Å². The standard InChI is InChI=1S/C25H27N3O2/c1-19(29)20-6-9-22(10-7-20)28-14-12-27(13-15-28)16-17-30-25-11-8-21(18-26)23-4-2-3-5-24(23)25/h2-11,18,26H,12-17H2,1H3. The van der Waals surface area contributed by atoms with E-state index in [0.717, 1.165) is 60.4 Å². The molecule has 5 nitrogen and oxygen atoms in total. The summed E-state index contributed by atoms with van der Waals surface area (Å²) >= 11 is 0. The molecule has 5 heteroatoms. The van der Waals surface area contributed by atoms with Gasteiger partial charge in [-0.3, -0.25) is 9.69 Å². The first-order valence-corrected chi connectivity index (χ1v) is 10.4. The highest BCUT2D eigenvalue weighted by molar-refractivity contribution is 6.01. The monoisotopic (exact) mass is 401 g/mol.